The van der Waals surface area contributed by atoms with Crippen LogP contribution in [0.5, 0.6) is 0 Å². The maximum absolute atomic E-state index is 12.3. The van der Waals surface area contributed by atoms with Crippen LogP contribution in [0.25, 0.3) is 11.1 Å². The highest BCUT2D eigenvalue weighted by Gasteiger charge is 2.48. The lowest BCUT2D eigenvalue weighted by Crippen LogP contribution is -2.52. The highest BCUT2D eigenvalue weighted by molar-refractivity contribution is 5.79. The highest BCUT2D eigenvalue weighted by Crippen LogP contribution is 2.53. The predicted octanol–water partition coefficient (Wildman–Crippen LogP) is 4.32. The van der Waals surface area contributed by atoms with Crippen LogP contribution in [0.15, 0.2) is 48.5 Å². The maximum atomic E-state index is 12.3. The molecule has 2 N–H and O–H groups in total. The highest BCUT2D eigenvalue weighted by atomic mass is 16.5. The number of nitrogens with one attached hydrogen (secondary N) is 1. The first kappa shape index (κ1) is 18.1. The Kier molecular flexibility index (Phi) is 4.47. The lowest BCUT2D eigenvalue weighted by molar-refractivity contribution is -0.0527. The minimum absolute atomic E-state index is 0.0672. The number of alkyl carbamates (subject to hydrolysis) is 1. The predicted molar refractivity (Wildman–Crippen MR) is 106 cm³/mol. The second-order valence-corrected chi connectivity index (χ2v) is 8.85. The fraction of sp³-hybridized carbons (Fsp3) is 0.435. The average Bonchev–Trinajstić information content (AvgIpc) is 2.97. The molecule has 1 amide bonds. The normalized spacial score (nSPS) is 18.9. The number of hydrogen-bond donors (Lipinski definition) is 2. The van der Waals surface area contributed by atoms with Crippen LogP contribution in [-0.4, -0.2) is 31.0 Å². The van der Waals surface area contributed by atoms with E-state index in [9.17, 15) is 9.90 Å². The van der Waals surface area contributed by atoms with Crippen LogP contribution in [0.3, 0.4) is 0 Å². The number of aliphatic hydroxyl groups excluding tert-OH is 1. The Labute approximate surface area is 160 Å². The zero-order valence-electron chi connectivity index (χ0n) is 16.0. The summed E-state index contributed by atoms with van der Waals surface area (Å²) in [7, 11) is 0. The number of carbonyl (C=O) groups is 1. The van der Waals surface area contributed by atoms with Crippen LogP contribution >= 0.6 is 0 Å². The van der Waals surface area contributed by atoms with E-state index in [0.29, 0.717) is 13.2 Å². The summed E-state index contributed by atoms with van der Waals surface area (Å²) in [5.74, 6) is 0.0672. The van der Waals surface area contributed by atoms with Crippen molar-refractivity contribution in [2.75, 3.05) is 19.8 Å². The molecule has 4 heteroatoms. The van der Waals surface area contributed by atoms with Gasteiger partial charge in [0.25, 0.3) is 0 Å². The van der Waals surface area contributed by atoms with Crippen LogP contribution in [0.4, 0.5) is 4.79 Å². The Morgan fingerprint density at radius 1 is 1.07 bits per heavy atom. The number of ether oxygens (including phenoxy) is 1. The smallest absolute Gasteiger partial charge is 0.407 e. The molecule has 0 atom stereocenters. The van der Waals surface area contributed by atoms with E-state index < -0.39 is 6.09 Å². The first-order valence-electron chi connectivity index (χ1n) is 9.63. The molecular formula is C23H27NO3. The number of rotatable bonds is 5. The Morgan fingerprint density at radius 2 is 1.63 bits per heavy atom. The van der Waals surface area contributed by atoms with Gasteiger partial charge in [-0.1, -0.05) is 62.4 Å². The van der Waals surface area contributed by atoms with E-state index in [1.807, 2.05) is 24.3 Å². The van der Waals surface area contributed by atoms with E-state index in [1.165, 1.54) is 22.3 Å². The van der Waals surface area contributed by atoms with Crippen molar-refractivity contribution in [1.82, 2.24) is 5.32 Å². The summed E-state index contributed by atoms with van der Waals surface area (Å²) >= 11 is 0. The molecule has 0 saturated heterocycles. The Morgan fingerprint density at radius 3 is 2.15 bits per heavy atom. The molecule has 0 radical (unpaired) electrons. The lowest BCUT2D eigenvalue weighted by atomic mass is 9.54. The van der Waals surface area contributed by atoms with Gasteiger partial charge in [-0.15, -0.1) is 0 Å². The summed E-state index contributed by atoms with van der Waals surface area (Å²) < 4.78 is 5.57. The quantitative estimate of drug-likeness (QED) is 0.829. The van der Waals surface area contributed by atoms with Crippen molar-refractivity contribution >= 4 is 6.09 Å². The summed E-state index contributed by atoms with van der Waals surface area (Å²) in [6, 6.07) is 16.6. The molecule has 1 fully saturated rings. The van der Waals surface area contributed by atoms with E-state index in [1.54, 1.807) is 0 Å². The summed E-state index contributed by atoms with van der Waals surface area (Å²) in [4.78, 5) is 12.3. The third-order valence-electron chi connectivity index (χ3n) is 5.99. The summed E-state index contributed by atoms with van der Waals surface area (Å²) in [5.41, 5.74) is 4.90. The monoisotopic (exact) mass is 365 g/mol. The number of carbonyl (C=O) groups excluding carboxylic acids is 1. The topological polar surface area (TPSA) is 58.6 Å². The van der Waals surface area contributed by atoms with Crippen molar-refractivity contribution in [2.24, 2.45) is 10.8 Å². The van der Waals surface area contributed by atoms with Crippen LogP contribution in [0.1, 0.15) is 43.7 Å². The fourth-order valence-electron chi connectivity index (χ4n) is 5.18. The second-order valence-electron chi connectivity index (χ2n) is 8.85. The van der Waals surface area contributed by atoms with Crippen molar-refractivity contribution < 1.29 is 14.6 Å². The molecule has 2 aromatic rings. The second kappa shape index (κ2) is 6.68. The zero-order chi connectivity index (χ0) is 19.1. The van der Waals surface area contributed by atoms with Crippen LogP contribution in [-0.2, 0) is 4.74 Å². The Balaban J connectivity index is 1.38. The minimum atomic E-state index is -0.408. The molecule has 0 aromatic heterocycles. The van der Waals surface area contributed by atoms with Gasteiger partial charge < -0.3 is 15.2 Å². The molecule has 4 nitrogen and oxygen atoms in total. The van der Waals surface area contributed by atoms with Gasteiger partial charge in [0.2, 0.25) is 0 Å². The molecule has 2 aliphatic carbocycles. The molecule has 0 spiro atoms. The molecule has 0 bridgehead atoms. The van der Waals surface area contributed by atoms with Crippen molar-refractivity contribution in [1.29, 1.82) is 0 Å². The molecule has 1 saturated carbocycles. The summed E-state index contributed by atoms with van der Waals surface area (Å²) in [6.45, 7) is 5.25. The molecule has 2 aromatic carbocycles. The van der Waals surface area contributed by atoms with E-state index in [2.05, 4.69) is 43.4 Å². The summed E-state index contributed by atoms with van der Waals surface area (Å²) in [6.07, 6.45) is 1.43. The first-order chi connectivity index (χ1) is 12.9. The first-order valence-corrected chi connectivity index (χ1v) is 9.63. The Hall–Kier alpha value is -2.33. The summed E-state index contributed by atoms with van der Waals surface area (Å²) in [5, 5.41) is 12.6. The molecule has 4 rings (SSSR count). The number of aliphatic hydroxyl groups is 1. The molecule has 27 heavy (non-hydrogen) atoms. The zero-order valence-corrected chi connectivity index (χ0v) is 16.0. The van der Waals surface area contributed by atoms with Crippen molar-refractivity contribution in [3.8, 4) is 11.1 Å². The Bertz CT molecular complexity index is 805. The van der Waals surface area contributed by atoms with Gasteiger partial charge in [0.15, 0.2) is 0 Å². The van der Waals surface area contributed by atoms with Crippen LogP contribution < -0.4 is 5.32 Å². The number of hydrogen-bond acceptors (Lipinski definition) is 3. The van der Waals surface area contributed by atoms with Gasteiger partial charge in [-0.05, 0) is 40.5 Å². The molecule has 142 valence electrons. The molecule has 0 heterocycles. The third-order valence-corrected chi connectivity index (χ3v) is 5.99. The van der Waals surface area contributed by atoms with E-state index in [0.717, 1.165) is 12.8 Å². The average molecular weight is 365 g/mol. The van der Waals surface area contributed by atoms with Crippen molar-refractivity contribution in [3.63, 3.8) is 0 Å². The van der Waals surface area contributed by atoms with Crippen LogP contribution in [0, 0.1) is 10.8 Å². The lowest BCUT2D eigenvalue weighted by Gasteiger charge is -2.52. The molecule has 0 unspecified atom stereocenters. The fourth-order valence-corrected chi connectivity index (χ4v) is 5.18. The SMILES string of the molecule is CC1(C)CC(CO)(CNC(=O)OCC2c3ccccc3-c3ccccc32)C1. The number of amides is 1. The minimum Gasteiger partial charge on any atom is -0.449 e. The van der Waals surface area contributed by atoms with Crippen molar-refractivity contribution in [3.05, 3.63) is 59.7 Å². The van der Waals surface area contributed by atoms with E-state index >= 15 is 0 Å². The third kappa shape index (κ3) is 3.34. The van der Waals surface area contributed by atoms with Gasteiger partial charge >= 0.3 is 6.09 Å². The van der Waals surface area contributed by atoms with Gasteiger partial charge in [-0.3, -0.25) is 0 Å². The molecule has 2 aliphatic rings. The largest absolute Gasteiger partial charge is 0.449 e. The van der Waals surface area contributed by atoms with Crippen LogP contribution in [0.2, 0.25) is 0 Å². The van der Waals surface area contributed by atoms with Gasteiger partial charge in [-0.2, -0.15) is 0 Å². The number of fused-ring (bicyclic) bond motifs is 3. The molecular weight excluding hydrogens is 338 g/mol. The standard InChI is InChI=1S/C23H27NO3/c1-22(2)12-23(13-22,15-25)14-24-21(26)27-11-20-18-9-5-3-7-16(18)17-8-4-6-10-19(17)20/h3-10,20,25H,11-15H2,1-2H3,(H,24,26). The van der Waals surface area contributed by atoms with E-state index in [4.69, 9.17) is 4.74 Å². The maximum Gasteiger partial charge on any atom is 0.407 e. The van der Waals surface area contributed by atoms with Crippen molar-refractivity contribution in [2.45, 2.75) is 32.6 Å². The van der Waals surface area contributed by atoms with Gasteiger partial charge in [0.05, 0.1) is 6.61 Å². The van der Waals surface area contributed by atoms with E-state index in [-0.39, 0.29) is 23.4 Å². The number of benzene rings is 2. The van der Waals surface area contributed by atoms with Gasteiger partial charge in [-0.25, -0.2) is 4.79 Å². The van der Waals surface area contributed by atoms with Gasteiger partial charge in [0, 0.05) is 17.9 Å². The van der Waals surface area contributed by atoms with Gasteiger partial charge in [0.1, 0.15) is 6.61 Å². The molecule has 0 aliphatic heterocycles.